The zero-order chi connectivity index (χ0) is 18.9. The lowest BCUT2D eigenvalue weighted by atomic mass is 10.1. The molecule has 2 aromatic carbocycles. The van der Waals surface area contributed by atoms with E-state index in [0.717, 1.165) is 50.3 Å². The maximum Gasteiger partial charge on any atom is 0.227 e. The highest BCUT2D eigenvalue weighted by Gasteiger charge is 2.25. The van der Waals surface area contributed by atoms with E-state index in [-0.39, 0.29) is 20.7 Å². The van der Waals surface area contributed by atoms with Gasteiger partial charge in [0.05, 0.1) is 27.8 Å². The first-order chi connectivity index (χ1) is 14.4. The van der Waals surface area contributed by atoms with Gasteiger partial charge in [0.15, 0.2) is 5.76 Å². The maximum absolute atomic E-state index is 6.25. The second-order valence-corrected chi connectivity index (χ2v) is 8.96. The average molecular weight is 488 g/mol. The molecule has 5 heterocycles. The molecule has 0 unspecified atom stereocenters. The molecule has 6 heteroatoms. The summed E-state index contributed by atoms with van der Waals surface area (Å²) < 4.78 is 15.4. The highest BCUT2D eigenvalue weighted by atomic mass is 127. The van der Waals surface area contributed by atoms with Gasteiger partial charge in [-0.2, -0.15) is 0 Å². The van der Waals surface area contributed by atoms with Crippen LogP contribution >= 0.6 is 20.7 Å². The molecule has 0 bridgehead atoms. The van der Waals surface area contributed by atoms with Crippen LogP contribution in [0.25, 0.3) is 44.6 Å². The zero-order valence-corrected chi connectivity index (χ0v) is 17.2. The van der Waals surface area contributed by atoms with Gasteiger partial charge in [-0.1, -0.05) is 45.0 Å². The predicted molar refractivity (Wildman–Crippen MR) is 125 cm³/mol. The number of furan rings is 1. The molecule has 4 aromatic heterocycles. The SMILES string of the molecule is C1=IC=C(n2c3ccccc3n3c4ccccc4nc23)c2oc3ncccc3c21. The lowest BCUT2D eigenvalue weighted by molar-refractivity contribution is 0.583. The van der Waals surface area contributed by atoms with E-state index in [4.69, 9.17) is 9.40 Å². The molecule has 138 valence electrons. The van der Waals surface area contributed by atoms with Crippen LogP contribution in [0.1, 0.15) is 11.3 Å². The number of para-hydroxylation sites is 4. The first-order valence-electron chi connectivity index (χ1n) is 9.30. The van der Waals surface area contributed by atoms with Crippen molar-refractivity contribution in [1.29, 1.82) is 0 Å². The van der Waals surface area contributed by atoms with Crippen LogP contribution in [-0.4, -0.2) is 22.9 Å². The first-order valence-corrected chi connectivity index (χ1v) is 11.8. The molecule has 0 saturated heterocycles. The van der Waals surface area contributed by atoms with E-state index in [9.17, 15) is 0 Å². The Morgan fingerprint density at radius 1 is 0.862 bits per heavy atom. The fourth-order valence-corrected chi connectivity index (χ4v) is 6.25. The number of rotatable bonds is 1. The number of nitrogens with zero attached hydrogens (tertiary/aromatic N) is 4. The largest absolute Gasteiger partial charge is 0.435 e. The minimum atomic E-state index is -0.240. The summed E-state index contributed by atoms with van der Waals surface area (Å²) in [5.41, 5.74) is 7.28. The standard InChI is InChI=1S/C23H13IN4O/c1-2-8-17-16(7-1)26-23-27(17)18-9-3-4-10-19(18)28(23)20-13-24-12-15-14-6-5-11-25-22(14)29-21(15)20/h1-13H. The van der Waals surface area contributed by atoms with Crippen LogP contribution in [0.3, 0.4) is 0 Å². The molecule has 29 heavy (non-hydrogen) atoms. The summed E-state index contributed by atoms with van der Waals surface area (Å²) in [6, 6.07) is 20.8. The van der Waals surface area contributed by atoms with Gasteiger partial charge in [0.2, 0.25) is 11.5 Å². The van der Waals surface area contributed by atoms with Crippen LogP contribution in [0.4, 0.5) is 0 Å². The number of imidazole rings is 2. The number of fused-ring (bicyclic) bond motifs is 8. The molecule has 0 N–H and O–H groups in total. The van der Waals surface area contributed by atoms with E-state index in [0.29, 0.717) is 5.71 Å². The number of aromatic nitrogens is 4. The Morgan fingerprint density at radius 2 is 1.69 bits per heavy atom. The Bertz CT molecular complexity index is 1660. The molecule has 0 saturated carbocycles. The van der Waals surface area contributed by atoms with E-state index in [1.54, 1.807) is 6.20 Å². The lowest BCUT2D eigenvalue weighted by Crippen LogP contribution is -2.02. The Hall–Kier alpha value is -3.26. The van der Waals surface area contributed by atoms with E-state index in [2.05, 4.69) is 70.6 Å². The Balaban J connectivity index is 1.65. The highest BCUT2D eigenvalue weighted by Crippen LogP contribution is 2.38. The van der Waals surface area contributed by atoms with Gasteiger partial charge in [-0.05, 0) is 44.5 Å². The monoisotopic (exact) mass is 488 g/mol. The summed E-state index contributed by atoms with van der Waals surface area (Å²) >= 11 is -0.240. The van der Waals surface area contributed by atoms with Gasteiger partial charge in [0, 0.05) is 17.1 Å². The third-order valence-electron chi connectivity index (χ3n) is 5.42. The molecule has 6 aromatic rings. The Morgan fingerprint density at radius 3 is 2.62 bits per heavy atom. The number of hydrogen-bond donors (Lipinski definition) is 0. The van der Waals surface area contributed by atoms with Crippen LogP contribution < -0.4 is 0 Å². The topological polar surface area (TPSA) is 48.3 Å². The first kappa shape index (κ1) is 15.6. The van der Waals surface area contributed by atoms with Gasteiger partial charge >= 0.3 is 0 Å². The normalized spacial score (nSPS) is 13.9. The van der Waals surface area contributed by atoms with Gasteiger partial charge < -0.3 is 4.42 Å². The fourth-order valence-electron chi connectivity index (χ4n) is 4.19. The minimum Gasteiger partial charge on any atom is -0.435 e. The van der Waals surface area contributed by atoms with Gasteiger partial charge in [-0.15, -0.1) is 0 Å². The van der Waals surface area contributed by atoms with E-state index in [1.807, 2.05) is 12.1 Å². The average Bonchev–Trinajstić information content (AvgIpc) is 3.42. The van der Waals surface area contributed by atoms with Crippen molar-refractivity contribution in [3.05, 3.63) is 82.3 Å². The fraction of sp³-hybridized carbons (Fsp3) is 0. The third-order valence-corrected chi connectivity index (χ3v) is 7.36. The quantitative estimate of drug-likeness (QED) is 0.285. The maximum atomic E-state index is 6.25. The van der Waals surface area contributed by atoms with E-state index < -0.39 is 0 Å². The van der Waals surface area contributed by atoms with Crippen LogP contribution in [0.15, 0.2) is 75.4 Å². The van der Waals surface area contributed by atoms with Crippen LogP contribution in [-0.2, 0) is 0 Å². The van der Waals surface area contributed by atoms with Gasteiger partial charge in [0.1, 0.15) is 0 Å². The van der Waals surface area contributed by atoms with Gasteiger partial charge in [-0.3, -0.25) is 8.97 Å². The smallest absolute Gasteiger partial charge is 0.227 e. The molecule has 7 rings (SSSR count). The van der Waals surface area contributed by atoms with E-state index >= 15 is 0 Å². The predicted octanol–water partition coefficient (Wildman–Crippen LogP) is 5.56. The number of benzene rings is 2. The summed E-state index contributed by atoms with van der Waals surface area (Å²) in [6.07, 6.45) is 1.78. The van der Waals surface area contributed by atoms with Crippen molar-refractivity contribution in [2.45, 2.75) is 0 Å². The van der Waals surface area contributed by atoms with Crippen LogP contribution in [0.2, 0.25) is 0 Å². The van der Waals surface area contributed by atoms with Crippen molar-refractivity contribution in [1.82, 2.24) is 18.9 Å². The van der Waals surface area contributed by atoms with Crippen molar-refractivity contribution in [2.24, 2.45) is 0 Å². The summed E-state index contributed by atoms with van der Waals surface area (Å²) in [4.78, 5) is 9.41. The van der Waals surface area contributed by atoms with Crippen LogP contribution in [0, 0.1) is 0 Å². The highest BCUT2D eigenvalue weighted by molar-refractivity contribution is 14.2. The van der Waals surface area contributed by atoms with Crippen molar-refractivity contribution in [2.75, 3.05) is 0 Å². The van der Waals surface area contributed by atoms with Crippen molar-refractivity contribution in [3.63, 3.8) is 0 Å². The second-order valence-electron chi connectivity index (χ2n) is 6.99. The molecular formula is C23H13IN4O. The number of hydrogen-bond acceptors (Lipinski definition) is 3. The molecule has 0 amide bonds. The molecule has 0 fully saturated rings. The number of pyridine rings is 1. The minimum absolute atomic E-state index is 0.240. The lowest BCUT2D eigenvalue weighted by Gasteiger charge is -2.11. The van der Waals surface area contributed by atoms with Crippen molar-refractivity contribution < 1.29 is 4.42 Å². The summed E-state index contributed by atoms with van der Waals surface area (Å²) in [6.45, 7) is 0. The molecule has 0 atom stereocenters. The molecule has 0 radical (unpaired) electrons. The molecule has 0 spiro atoms. The molecule has 1 aliphatic rings. The molecular weight excluding hydrogens is 475 g/mol. The number of halogens is 1. The molecule has 1 aliphatic heterocycles. The molecule has 0 aliphatic carbocycles. The summed E-state index contributed by atoms with van der Waals surface area (Å²) in [5.74, 6) is 1.78. The second kappa shape index (κ2) is 5.64. The Labute approximate surface area is 174 Å². The molecule has 5 nitrogen and oxygen atoms in total. The zero-order valence-electron chi connectivity index (χ0n) is 15.1. The van der Waals surface area contributed by atoms with Crippen molar-refractivity contribution in [3.8, 4) is 0 Å². The summed E-state index contributed by atoms with van der Waals surface area (Å²) in [7, 11) is 0. The van der Waals surface area contributed by atoms with E-state index in [1.165, 1.54) is 0 Å². The van der Waals surface area contributed by atoms with Gasteiger partial charge in [0.25, 0.3) is 0 Å². The van der Waals surface area contributed by atoms with Crippen LogP contribution in [0.5, 0.6) is 0 Å². The Kier molecular flexibility index (Phi) is 3.04. The summed E-state index contributed by atoms with van der Waals surface area (Å²) in [5, 5.41) is 1.08. The van der Waals surface area contributed by atoms with Crippen molar-refractivity contribution >= 4 is 69.4 Å². The van der Waals surface area contributed by atoms with Gasteiger partial charge in [-0.25, -0.2) is 9.97 Å². The third kappa shape index (κ3) is 2.01.